The number of nitrogen functional groups attached to an aromatic ring is 2. The number of esters is 1. The topological polar surface area (TPSA) is 78.3 Å². The van der Waals surface area contributed by atoms with Crippen LogP contribution in [0.25, 0.3) is 0 Å². The SMILES string of the molecule is CCCCCCOC(=O)c1cc(N)c(C(C)(C)CCC)c(N)c1. The molecule has 1 rings (SSSR count). The lowest BCUT2D eigenvalue weighted by atomic mass is 9.78. The van der Waals surface area contributed by atoms with E-state index >= 15 is 0 Å². The molecule has 4 N–H and O–H groups in total. The van der Waals surface area contributed by atoms with Crippen molar-refractivity contribution < 1.29 is 9.53 Å². The summed E-state index contributed by atoms with van der Waals surface area (Å²) < 4.78 is 5.31. The molecule has 0 spiro atoms. The zero-order chi connectivity index (χ0) is 17.5. The van der Waals surface area contributed by atoms with E-state index in [-0.39, 0.29) is 11.4 Å². The van der Waals surface area contributed by atoms with Crippen LogP contribution in [0.3, 0.4) is 0 Å². The van der Waals surface area contributed by atoms with E-state index in [0.717, 1.165) is 37.7 Å². The van der Waals surface area contributed by atoms with Gasteiger partial charge in [0.2, 0.25) is 0 Å². The van der Waals surface area contributed by atoms with Crippen molar-refractivity contribution in [2.75, 3.05) is 18.1 Å². The van der Waals surface area contributed by atoms with E-state index in [1.54, 1.807) is 12.1 Å². The van der Waals surface area contributed by atoms with Crippen molar-refractivity contribution in [1.82, 2.24) is 0 Å². The molecule has 0 heterocycles. The average Bonchev–Trinajstić information content (AvgIpc) is 2.45. The summed E-state index contributed by atoms with van der Waals surface area (Å²) in [7, 11) is 0. The Morgan fingerprint density at radius 1 is 1.04 bits per heavy atom. The molecule has 130 valence electrons. The Morgan fingerprint density at radius 2 is 1.65 bits per heavy atom. The van der Waals surface area contributed by atoms with Gasteiger partial charge in [0.05, 0.1) is 12.2 Å². The molecule has 0 saturated heterocycles. The van der Waals surface area contributed by atoms with Crippen molar-refractivity contribution in [3.05, 3.63) is 23.3 Å². The van der Waals surface area contributed by atoms with Crippen LogP contribution in [0, 0.1) is 0 Å². The Morgan fingerprint density at radius 3 is 2.17 bits per heavy atom. The molecule has 0 aromatic heterocycles. The zero-order valence-corrected chi connectivity index (χ0v) is 15.1. The van der Waals surface area contributed by atoms with E-state index in [2.05, 4.69) is 27.7 Å². The Balaban J connectivity index is 2.81. The maximum absolute atomic E-state index is 12.1. The van der Waals surface area contributed by atoms with Crippen LogP contribution in [0.15, 0.2) is 12.1 Å². The predicted octanol–water partition coefficient (Wildman–Crippen LogP) is 4.67. The van der Waals surface area contributed by atoms with Crippen molar-refractivity contribution in [2.24, 2.45) is 0 Å². The van der Waals surface area contributed by atoms with Gasteiger partial charge in [0.15, 0.2) is 0 Å². The first kappa shape index (κ1) is 19.3. The van der Waals surface area contributed by atoms with Gasteiger partial charge in [-0.15, -0.1) is 0 Å². The van der Waals surface area contributed by atoms with E-state index < -0.39 is 0 Å². The molecule has 0 amide bonds. The minimum atomic E-state index is -0.347. The quantitative estimate of drug-likeness (QED) is 0.394. The molecule has 0 atom stereocenters. The molecule has 0 unspecified atom stereocenters. The molecule has 4 heteroatoms. The smallest absolute Gasteiger partial charge is 0.338 e. The molecule has 23 heavy (non-hydrogen) atoms. The highest BCUT2D eigenvalue weighted by atomic mass is 16.5. The van der Waals surface area contributed by atoms with Gasteiger partial charge in [-0.25, -0.2) is 4.79 Å². The highest BCUT2D eigenvalue weighted by molar-refractivity contribution is 5.92. The summed E-state index contributed by atoms with van der Waals surface area (Å²) in [4.78, 5) is 12.1. The fourth-order valence-electron chi connectivity index (χ4n) is 3.11. The second-order valence-corrected chi connectivity index (χ2v) is 6.86. The Hall–Kier alpha value is -1.71. The highest BCUT2D eigenvalue weighted by Gasteiger charge is 2.26. The van der Waals surface area contributed by atoms with Crippen molar-refractivity contribution in [2.45, 2.75) is 71.6 Å². The molecule has 0 saturated carbocycles. The van der Waals surface area contributed by atoms with Crippen LogP contribution >= 0.6 is 0 Å². The fourth-order valence-corrected chi connectivity index (χ4v) is 3.11. The van der Waals surface area contributed by atoms with Crippen LogP contribution in [-0.4, -0.2) is 12.6 Å². The third kappa shape index (κ3) is 5.45. The number of nitrogens with two attached hydrogens (primary N) is 2. The Kier molecular flexibility index (Phi) is 7.40. The molecule has 0 fully saturated rings. The molecule has 1 aromatic rings. The Labute approximate surface area is 140 Å². The lowest BCUT2D eigenvalue weighted by Gasteiger charge is -2.28. The van der Waals surface area contributed by atoms with Crippen LogP contribution in [0.4, 0.5) is 11.4 Å². The zero-order valence-electron chi connectivity index (χ0n) is 15.1. The van der Waals surface area contributed by atoms with Crippen LogP contribution in [0.2, 0.25) is 0 Å². The fraction of sp³-hybridized carbons (Fsp3) is 0.632. The third-order valence-corrected chi connectivity index (χ3v) is 4.22. The van der Waals surface area contributed by atoms with Gasteiger partial charge < -0.3 is 16.2 Å². The summed E-state index contributed by atoms with van der Waals surface area (Å²) >= 11 is 0. The lowest BCUT2D eigenvalue weighted by Crippen LogP contribution is -2.21. The number of rotatable bonds is 9. The van der Waals surface area contributed by atoms with Gasteiger partial charge in [-0.05, 0) is 30.4 Å². The number of benzene rings is 1. The summed E-state index contributed by atoms with van der Waals surface area (Å²) in [6.07, 6.45) is 6.34. The van der Waals surface area contributed by atoms with Crippen molar-refractivity contribution in [3.63, 3.8) is 0 Å². The second kappa shape index (κ2) is 8.80. The van der Waals surface area contributed by atoms with Gasteiger partial charge in [0.1, 0.15) is 0 Å². The van der Waals surface area contributed by atoms with Crippen LogP contribution in [-0.2, 0) is 10.2 Å². The number of carbonyl (C=O) groups is 1. The van der Waals surface area contributed by atoms with E-state index in [0.29, 0.717) is 23.5 Å². The maximum Gasteiger partial charge on any atom is 0.338 e. The van der Waals surface area contributed by atoms with E-state index in [9.17, 15) is 4.79 Å². The molecule has 4 nitrogen and oxygen atoms in total. The summed E-state index contributed by atoms with van der Waals surface area (Å²) in [5, 5.41) is 0. The maximum atomic E-state index is 12.1. The van der Waals surface area contributed by atoms with Crippen molar-refractivity contribution >= 4 is 17.3 Å². The highest BCUT2D eigenvalue weighted by Crippen LogP contribution is 2.37. The predicted molar refractivity (Wildman–Crippen MR) is 97.6 cm³/mol. The lowest BCUT2D eigenvalue weighted by molar-refractivity contribution is 0.0498. The van der Waals surface area contributed by atoms with Crippen molar-refractivity contribution in [1.29, 1.82) is 0 Å². The Bertz CT molecular complexity index is 501. The van der Waals surface area contributed by atoms with Crippen LogP contribution in [0.5, 0.6) is 0 Å². The largest absolute Gasteiger partial charge is 0.462 e. The van der Waals surface area contributed by atoms with E-state index in [1.807, 2.05) is 0 Å². The number of anilines is 2. The molecular formula is C19H32N2O2. The third-order valence-electron chi connectivity index (χ3n) is 4.22. The molecule has 0 aliphatic rings. The molecule has 1 aromatic carbocycles. The number of carbonyl (C=O) groups excluding carboxylic acids is 1. The molecule has 0 bridgehead atoms. The number of unbranched alkanes of at least 4 members (excludes halogenated alkanes) is 3. The molecule has 0 aliphatic heterocycles. The average molecular weight is 320 g/mol. The van der Waals surface area contributed by atoms with E-state index in [1.165, 1.54) is 6.42 Å². The second-order valence-electron chi connectivity index (χ2n) is 6.86. The number of hydrogen-bond donors (Lipinski definition) is 2. The summed E-state index contributed by atoms with van der Waals surface area (Å²) in [5.74, 6) is -0.347. The van der Waals surface area contributed by atoms with Gasteiger partial charge in [0.25, 0.3) is 0 Å². The molecular weight excluding hydrogens is 288 g/mol. The monoisotopic (exact) mass is 320 g/mol. The van der Waals surface area contributed by atoms with Gasteiger partial charge in [-0.3, -0.25) is 0 Å². The first-order valence-electron chi connectivity index (χ1n) is 8.70. The normalized spacial score (nSPS) is 11.5. The molecule has 0 aliphatic carbocycles. The van der Waals surface area contributed by atoms with Crippen LogP contribution in [0.1, 0.15) is 82.1 Å². The summed E-state index contributed by atoms with van der Waals surface area (Å²) in [6.45, 7) is 8.99. The van der Waals surface area contributed by atoms with Crippen LogP contribution < -0.4 is 11.5 Å². The van der Waals surface area contributed by atoms with Gasteiger partial charge >= 0.3 is 5.97 Å². The minimum Gasteiger partial charge on any atom is -0.462 e. The van der Waals surface area contributed by atoms with Crippen molar-refractivity contribution in [3.8, 4) is 0 Å². The van der Waals surface area contributed by atoms with Gasteiger partial charge in [-0.1, -0.05) is 53.4 Å². The van der Waals surface area contributed by atoms with Gasteiger partial charge in [-0.2, -0.15) is 0 Å². The first-order chi connectivity index (χ1) is 10.8. The summed E-state index contributed by atoms with van der Waals surface area (Å²) in [5.41, 5.74) is 14.8. The van der Waals surface area contributed by atoms with E-state index in [4.69, 9.17) is 16.2 Å². The standard InChI is InChI=1S/C19H32N2O2/c1-5-7-8-9-11-23-18(22)14-12-15(20)17(16(21)13-14)19(3,4)10-6-2/h12-13H,5-11,20-21H2,1-4H3. The summed E-state index contributed by atoms with van der Waals surface area (Å²) in [6, 6.07) is 3.38. The number of hydrogen-bond acceptors (Lipinski definition) is 4. The first-order valence-corrected chi connectivity index (χ1v) is 8.70. The van der Waals surface area contributed by atoms with Gasteiger partial charge in [0, 0.05) is 16.9 Å². The number of ether oxygens (including phenoxy) is 1. The minimum absolute atomic E-state index is 0.106. The molecule has 0 radical (unpaired) electrons.